The minimum atomic E-state index is -1.47. The SMILES string of the molecule is COC(=O)C1(C(=O)OC)Cc2ccc3c(c2C1)CC(C(=O)OC)(C(=O)OC)C3. The molecule has 0 aliphatic heterocycles. The van der Waals surface area contributed by atoms with Gasteiger partial charge in [0, 0.05) is 12.8 Å². The molecule has 2 aliphatic rings. The van der Waals surface area contributed by atoms with E-state index >= 15 is 0 Å². The molecule has 0 unspecified atom stereocenters. The molecule has 0 bridgehead atoms. The molecule has 0 amide bonds. The molecule has 2 aliphatic carbocycles. The molecule has 0 spiro atoms. The number of esters is 4. The van der Waals surface area contributed by atoms with Crippen molar-refractivity contribution in [2.45, 2.75) is 25.7 Å². The number of carbonyl (C=O) groups is 4. The van der Waals surface area contributed by atoms with Crippen molar-refractivity contribution in [1.82, 2.24) is 0 Å². The molecule has 0 saturated heterocycles. The normalized spacial score (nSPS) is 17.9. The van der Waals surface area contributed by atoms with Gasteiger partial charge >= 0.3 is 23.9 Å². The number of benzene rings is 1. The topological polar surface area (TPSA) is 105 Å². The van der Waals surface area contributed by atoms with Gasteiger partial charge < -0.3 is 18.9 Å². The maximum absolute atomic E-state index is 12.5. The summed E-state index contributed by atoms with van der Waals surface area (Å²) in [6.45, 7) is 0. The van der Waals surface area contributed by atoms with Crippen LogP contribution >= 0.6 is 0 Å². The predicted molar refractivity (Wildman–Crippen MR) is 94.2 cm³/mol. The van der Waals surface area contributed by atoms with Crippen molar-refractivity contribution in [3.63, 3.8) is 0 Å². The van der Waals surface area contributed by atoms with E-state index in [2.05, 4.69) is 0 Å². The molecule has 8 nitrogen and oxygen atoms in total. The number of hydrogen-bond acceptors (Lipinski definition) is 8. The molecule has 0 saturated carbocycles. The largest absolute Gasteiger partial charge is 0.468 e. The van der Waals surface area contributed by atoms with Crippen LogP contribution in [0.5, 0.6) is 0 Å². The van der Waals surface area contributed by atoms with Crippen LogP contribution < -0.4 is 0 Å². The number of hydrogen-bond donors (Lipinski definition) is 0. The zero-order valence-electron chi connectivity index (χ0n) is 16.2. The van der Waals surface area contributed by atoms with Crippen molar-refractivity contribution in [1.29, 1.82) is 0 Å². The molecule has 0 fully saturated rings. The Morgan fingerprint density at radius 3 is 1.14 bits per heavy atom. The summed E-state index contributed by atoms with van der Waals surface area (Å²) in [4.78, 5) is 49.9. The maximum Gasteiger partial charge on any atom is 0.323 e. The number of fused-ring (bicyclic) bond motifs is 3. The smallest absolute Gasteiger partial charge is 0.323 e. The van der Waals surface area contributed by atoms with Crippen molar-refractivity contribution < 1.29 is 38.1 Å². The van der Waals surface area contributed by atoms with Crippen LogP contribution in [0.3, 0.4) is 0 Å². The predicted octanol–water partition coefficient (Wildman–Crippen LogP) is 0.549. The Labute approximate surface area is 162 Å². The van der Waals surface area contributed by atoms with Crippen molar-refractivity contribution >= 4 is 23.9 Å². The van der Waals surface area contributed by atoms with Gasteiger partial charge in [-0.25, -0.2) is 0 Å². The Balaban J connectivity index is 2.07. The van der Waals surface area contributed by atoms with E-state index in [4.69, 9.17) is 18.9 Å². The summed E-state index contributed by atoms with van der Waals surface area (Å²) in [5.41, 5.74) is 0.178. The molecular weight excluding hydrogens is 368 g/mol. The van der Waals surface area contributed by atoms with E-state index in [9.17, 15) is 19.2 Å². The minimum absolute atomic E-state index is 0.0866. The van der Waals surface area contributed by atoms with Gasteiger partial charge in [-0.3, -0.25) is 19.2 Å². The van der Waals surface area contributed by atoms with Crippen molar-refractivity contribution in [2.24, 2.45) is 10.8 Å². The van der Waals surface area contributed by atoms with Crippen LogP contribution in [0.25, 0.3) is 0 Å². The third-order valence-corrected chi connectivity index (χ3v) is 5.87. The monoisotopic (exact) mass is 390 g/mol. The standard InChI is InChI=1S/C20H22O8/c1-25-15(21)19(16(22)26-2)7-11-5-6-12-8-20(17(23)27-3,18(24)28-4)10-14(12)13(11)9-19/h5-6H,7-10H2,1-4H3. The molecule has 28 heavy (non-hydrogen) atoms. The first-order chi connectivity index (χ1) is 13.3. The van der Waals surface area contributed by atoms with Crippen LogP contribution in [-0.2, 0) is 63.8 Å². The summed E-state index contributed by atoms with van der Waals surface area (Å²) in [5.74, 6) is -2.69. The van der Waals surface area contributed by atoms with Gasteiger partial charge in [0.2, 0.25) is 0 Å². The number of rotatable bonds is 4. The van der Waals surface area contributed by atoms with Crippen LogP contribution in [-0.4, -0.2) is 52.3 Å². The molecule has 0 radical (unpaired) electrons. The van der Waals surface area contributed by atoms with Gasteiger partial charge in [0.1, 0.15) is 0 Å². The first kappa shape index (κ1) is 19.9. The van der Waals surface area contributed by atoms with E-state index < -0.39 is 34.7 Å². The Hall–Kier alpha value is -2.90. The third-order valence-electron chi connectivity index (χ3n) is 5.87. The summed E-state index contributed by atoms with van der Waals surface area (Å²) >= 11 is 0. The van der Waals surface area contributed by atoms with Gasteiger partial charge in [0.05, 0.1) is 28.4 Å². The van der Waals surface area contributed by atoms with Crippen LogP contribution in [0, 0.1) is 10.8 Å². The lowest BCUT2D eigenvalue weighted by molar-refractivity contribution is -0.170. The highest BCUT2D eigenvalue weighted by molar-refractivity contribution is 6.03. The van der Waals surface area contributed by atoms with Crippen molar-refractivity contribution in [3.8, 4) is 0 Å². The van der Waals surface area contributed by atoms with E-state index in [1.807, 2.05) is 12.1 Å². The van der Waals surface area contributed by atoms with Gasteiger partial charge in [-0.2, -0.15) is 0 Å². The fraction of sp³-hybridized carbons (Fsp3) is 0.500. The average molecular weight is 390 g/mol. The van der Waals surface area contributed by atoms with E-state index in [-0.39, 0.29) is 25.7 Å². The molecule has 3 rings (SSSR count). The minimum Gasteiger partial charge on any atom is -0.468 e. The Morgan fingerprint density at radius 2 is 0.893 bits per heavy atom. The lowest BCUT2D eigenvalue weighted by Gasteiger charge is -2.23. The molecular formula is C20H22O8. The Kier molecular flexibility index (Phi) is 4.91. The molecule has 8 heteroatoms. The van der Waals surface area contributed by atoms with E-state index in [1.54, 1.807) is 0 Å². The van der Waals surface area contributed by atoms with Gasteiger partial charge in [0.15, 0.2) is 10.8 Å². The fourth-order valence-corrected chi connectivity index (χ4v) is 4.47. The second-order valence-electron chi connectivity index (χ2n) is 7.18. The van der Waals surface area contributed by atoms with Crippen molar-refractivity contribution in [2.75, 3.05) is 28.4 Å². The third kappa shape index (κ3) is 2.58. The highest BCUT2D eigenvalue weighted by atomic mass is 16.6. The van der Waals surface area contributed by atoms with Gasteiger partial charge in [-0.05, 0) is 35.1 Å². The summed E-state index contributed by atoms with van der Waals surface area (Å²) in [6, 6.07) is 3.62. The number of methoxy groups -OCH3 is 4. The van der Waals surface area contributed by atoms with Crippen molar-refractivity contribution in [3.05, 3.63) is 34.4 Å². The van der Waals surface area contributed by atoms with Gasteiger partial charge in [-0.1, -0.05) is 12.1 Å². The zero-order valence-corrected chi connectivity index (χ0v) is 16.2. The summed E-state index contributed by atoms with van der Waals surface area (Å²) in [5, 5.41) is 0. The summed E-state index contributed by atoms with van der Waals surface area (Å²) < 4.78 is 19.5. The molecule has 0 heterocycles. The summed E-state index contributed by atoms with van der Waals surface area (Å²) in [6.07, 6.45) is 0.448. The highest BCUT2D eigenvalue weighted by Gasteiger charge is 2.57. The maximum atomic E-state index is 12.5. The summed E-state index contributed by atoms with van der Waals surface area (Å²) in [7, 11) is 4.89. The molecule has 0 aromatic heterocycles. The highest BCUT2D eigenvalue weighted by Crippen LogP contribution is 2.47. The fourth-order valence-electron chi connectivity index (χ4n) is 4.47. The second kappa shape index (κ2) is 6.92. The van der Waals surface area contributed by atoms with Crippen LogP contribution in [0.15, 0.2) is 12.1 Å². The lowest BCUT2D eigenvalue weighted by atomic mass is 9.83. The van der Waals surface area contributed by atoms with E-state index in [0.29, 0.717) is 0 Å². The molecule has 0 N–H and O–H groups in total. The first-order valence-electron chi connectivity index (χ1n) is 8.76. The Morgan fingerprint density at radius 1 is 0.607 bits per heavy atom. The zero-order chi connectivity index (χ0) is 20.7. The number of carbonyl (C=O) groups excluding carboxylic acids is 4. The first-order valence-corrected chi connectivity index (χ1v) is 8.76. The lowest BCUT2D eigenvalue weighted by Crippen LogP contribution is -2.42. The molecule has 1 aromatic carbocycles. The van der Waals surface area contributed by atoms with Gasteiger partial charge in [-0.15, -0.1) is 0 Å². The number of ether oxygens (including phenoxy) is 4. The second-order valence-corrected chi connectivity index (χ2v) is 7.18. The molecule has 0 atom stereocenters. The average Bonchev–Trinajstić information content (AvgIpc) is 3.31. The quantitative estimate of drug-likeness (QED) is 0.417. The van der Waals surface area contributed by atoms with E-state index in [1.165, 1.54) is 28.4 Å². The van der Waals surface area contributed by atoms with Crippen LogP contribution in [0.4, 0.5) is 0 Å². The molecule has 150 valence electrons. The van der Waals surface area contributed by atoms with Crippen LogP contribution in [0.1, 0.15) is 22.3 Å². The molecule has 1 aromatic rings. The van der Waals surface area contributed by atoms with E-state index in [0.717, 1.165) is 22.3 Å². The van der Waals surface area contributed by atoms with Gasteiger partial charge in [0.25, 0.3) is 0 Å². The Bertz CT molecular complexity index is 766. The van der Waals surface area contributed by atoms with Crippen LogP contribution in [0.2, 0.25) is 0 Å².